The number of nitrogens with zero attached hydrogens (tertiary/aromatic N) is 3. The summed E-state index contributed by atoms with van der Waals surface area (Å²) >= 11 is 1.30. The minimum atomic E-state index is -0.268. The molecule has 20 heavy (non-hydrogen) atoms. The average Bonchev–Trinajstić information content (AvgIpc) is 2.94. The maximum absolute atomic E-state index is 11.7. The molecule has 0 saturated carbocycles. The SMILES string of the molecule is C=CCNC(=O)[C@H](C)Sc1n[nH]c(-c2ccncc2)n1. The van der Waals surface area contributed by atoms with Gasteiger partial charge in [-0.05, 0) is 19.1 Å². The number of nitrogens with one attached hydrogen (secondary N) is 2. The summed E-state index contributed by atoms with van der Waals surface area (Å²) in [6, 6.07) is 3.68. The number of hydrogen-bond donors (Lipinski definition) is 2. The molecule has 0 aliphatic rings. The maximum Gasteiger partial charge on any atom is 0.233 e. The van der Waals surface area contributed by atoms with Crippen molar-refractivity contribution in [1.29, 1.82) is 0 Å². The van der Waals surface area contributed by atoms with Crippen LogP contribution in [0.1, 0.15) is 6.92 Å². The van der Waals surface area contributed by atoms with Gasteiger partial charge in [0, 0.05) is 24.5 Å². The third-order valence-electron chi connectivity index (χ3n) is 2.49. The lowest BCUT2D eigenvalue weighted by atomic mass is 10.3. The van der Waals surface area contributed by atoms with Gasteiger partial charge in [-0.3, -0.25) is 14.9 Å². The average molecular weight is 289 g/mol. The Kier molecular flexibility index (Phi) is 4.89. The lowest BCUT2D eigenvalue weighted by Gasteiger charge is -2.07. The molecule has 104 valence electrons. The molecule has 2 N–H and O–H groups in total. The van der Waals surface area contributed by atoms with Gasteiger partial charge in [0.05, 0.1) is 5.25 Å². The van der Waals surface area contributed by atoms with Gasteiger partial charge in [0.25, 0.3) is 0 Å². The van der Waals surface area contributed by atoms with E-state index in [4.69, 9.17) is 0 Å². The first-order valence-electron chi connectivity index (χ1n) is 6.08. The van der Waals surface area contributed by atoms with Gasteiger partial charge in [0.2, 0.25) is 11.1 Å². The zero-order chi connectivity index (χ0) is 14.4. The molecule has 6 nitrogen and oxygen atoms in total. The molecule has 1 amide bonds. The van der Waals surface area contributed by atoms with Gasteiger partial charge in [-0.2, -0.15) is 0 Å². The van der Waals surface area contributed by atoms with Crippen molar-refractivity contribution in [1.82, 2.24) is 25.5 Å². The van der Waals surface area contributed by atoms with Crippen molar-refractivity contribution in [2.45, 2.75) is 17.3 Å². The Hall–Kier alpha value is -2.15. The topological polar surface area (TPSA) is 83.6 Å². The largest absolute Gasteiger partial charge is 0.352 e. The molecule has 0 bridgehead atoms. The van der Waals surface area contributed by atoms with Crippen molar-refractivity contribution in [2.75, 3.05) is 6.54 Å². The quantitative estimate of drug-likeness (QED) is 0.624. The fourth-order valence-electron chi connectivity index (χ4n) is 1.47. The van der Waals surface area contributed by atoms with Gasteiger partial charge in [0.15, 0.2) is 5.82 Å². The van der Waals surface area contributed by atoms with Crippen molar-refractivity contribution in [3.8, 4) is 11.4 Å². The highest BCUT2D eigenvalue weighted by molar-refractivity contribution is 8.00. The van der Waals surface area contributed by atoms with Crippen LogP contribution in [0.5, 0.6) is 0 Å². The number of H-pyrrole nitrogens is 1. The molecule has 2 rings (SSSR count). The predicted octanol–water partition coefficient (Wildman–Crippen LogP) is 1.65. The highest BCUT2D eigenvalue weighted by Crippen LogP contribution is 2.22. The number of aromatic nitrogens is 4. The molecule has 0 radical (unpaired) electrons. The third kappa shape index (κ3) is 3.67. The van der Waals surface area contributed by atoms with E-state index in [9.17, 15) is 4.79 Å². The lowest BCUT2D eigenvalue weighted by molar-refractivity contribution is -0.120. The van der Waals surface area contributed by atoms with Gasteiger partial charge >= 0.3 is 0 Å². The van der Waals surface area contributed by atoms with Gasteiger partial charge in [0.1, 0.15) is 0 Å². The second-order valence-electron chi connectivity index (χ2n) is 4.00. The van der Waals surface area contributed by atoms with Crippen LogP contribution in [0.25, 0.3) is 11.4 Å². The monoisotopic (exact) mass is 289 g/mol. The fraction of sp³-hybridized carbons (Fsp3) is 0.231. The molecule has 2 heterocycles. The van der Waals surface area contributed by atoms with E-state index in [0.717, 1.165) is 5.56 Å². The number of aromatic amines is 1. The van der Waals surface area contributed by atoms with E-state index in [2.05, 4.69) is 32.1 Å². The second kappa shape index (κ2) is 6.85. The van der Waals surface area contributed by atoms with Crippen LogP contribution in [-0.4, -0.2) is 37.9 Å². The Morgan fingerprint density at radius 1 is 1.55 bits per heavy atom. The summed E-state index contributed by atoms with van der Waals surface area (Å²) in [5.41, 5.74) is 0.906. The van der Waals surface area contributed by atoms with Gasteiger partial charge in [-0.15, -0.1) is 11.7 Å². The third-order valence-corrected chi connectivity index (χ3v) is 3.45. The van der Waals surface area contributed by atoms with Crippen LogP contribution in [0.3, 0.4) is 0 Å². The van der Waals surface area contributed by atoms with E-state index >= 15 is 0 Å². The predicted molar refractivity (Wildman–Crippen MR) is 78.1 cm³/mol. The Balaban J connectivity index is 1.99. The van der Waals surface area contributed by atoms with Crippen molar-refractivity contribution >= 4 is 17.7 Å². The Morgan fingerprint density at radius 2 is 2.30 bits per heavy atom. The van der Waals surface area contributed by atoms with E-state index in [1.807, 2.05) is 19.1 Å². The van der Waals surface area contributed by atoms with Crippen molar-refractivity contribution < 1.29 is 4.79 Å². The molecule has 1 atom stereocenters. The van der Waals surface area contributed by atoms with Crippen LogP contribution >= 0.6 is 11.8 Å². The van der Waals surface area contributed by atoms with Crippen LogP contribution < -0.4 is 5.32 Å². The number of hydrogen-bond acceptors (Lipinski definition) is 5. The summed E-state index contributed by atoms with van der Waals surface area (Å²) in [4.78, 5) is 20.0. The van der Waals surface area contributed by atoms with Gasteiger partial charge in [-0.25, -0.2) is 4.98 Å². The molecule has 0 aliphatic heterocycles. The Bertz CT molecular complexity index is 583. The van der Waals surface area contributed by atoms with Crippen LogP contribution in [0.4, 0.5) is 0 Å². The van der Waals surface area contributed by atoms with E-state index in [1.54, 1.807) is 18.5 Å². The molecule has 0 aliphatic carbocycles. The molecular weight excluding hydrogens is 274 g/mol. The lowest BCUT2D eigenvalue weighted by Crippen LogP contribution is -2.30. The standard InChI is InChI=1S/C13H15N5OS/c1-3-6-15-12(19)9(2)20-13-16-11(17-18-13)10-4-7-14-8-5-10/h3-5,7-9H,1,6H2,2H3,(H,15,19)(H,16,17,18)/t9-/m0/s1. The number of thioether (sulfide) groups is 1. The Morgan fingerprint density at radius 3 is 3.00 bits per heavy atom. The van der Waals surface area contributed by atoms with Gasteiger partial charge in [-0.1, -0.05) is 17.8 Å². The minimum absolute atomic E-state index is 0.0647. The number of carbonyl (C=O) groups excluding carboxylic acids is 1. The maximum atomic E-state index is 11.7. The molecule has 0 saturated heterocycles. The van der Waals surface area contributed by atoms with E-state index in [-0.39, 0.29) is 11.2 Å². The first-order valence-corrected chi connectivity index (χ1v) is 6.96. The second-order valence-corrected chi connectivity index (χ2v) is 5.30. The van der Waals surface area contributed by atoms with Gasteiger partial charge < -0.3 is 5.32 Å². The van der Waals surface area contributed by atoms with Crippen LogP contribution in [0, 0.1) is 0 Å². The highest BCUT2D eigenvalue weighted by Gasteiger charge is 2.16. The fourth-order valence-corrected chi connectivity index (χ4v) is 2.22. The summed E-state index contributed by atoms with van der Waals surface area (Å²) in [6.07, 6.45) is 5.02. The van der Waals surface area contributed by atoms with Crippen molar-refractivity contribution in [3.63, 3.8) is 0 Å². The molecule has 0 fully saturated rings. The first-order chi connectivity index (χ1) is 9.70. The summed E-state index contributed by atoms with van der Waals surface area (Å²) < 4.78 is 0. The Labute approximate surface area is 121 Å². The molecule has 7 heteroatoms. The summed E-state index contributed by atoms with van der Waals surface area (Å²) in [7, 11) is 0. The molecule has 2 aromatic heterocycles. The number of rotatable bonds is 6. The minimum Gasteiger partial charge on any atom is -0.352 e. The molecule has 0 unspecified atom stereocenters. The smallest absolute Gasteiger partial charge is 0.233 e. The van der Waals surface area contributed by atoms with Crippen LogP contribution in [0.2, 0.25) is 0 Å². The zero-order valence-corrected chi connectivity index (χ0v) is 11.9. The number of amides is 1. The van der Waals surface area contributed by atoms with Crippen LogP contribution in [0.15, 0.2) is 42.3 Å². The molecule has 0 aromatic carbocycles. The van der Waals surface area contributed by atoms with Crippen molar-refractivity contribution in [2.24, 2.45) is 0 Å². The molecular formula is C13H15N5OS. The molecule has 2 aromatic rings. The van der Waals surface area contributed by atoms with E-state index in [1.165, 1.54) is 11.8 Å². The van der Waals surface area contributed by atoms with E-state index < -0.39 is 0 Å². The summed E-state index contributed by atoms with van der Waals surface area (Å²) in [5, 5.41) is 9.96. The van der Waals surface area contributed by atoms with Crippen LogP contribution in [-0.2, 0) is 4.79 Å². The van der Waals surface area contributed by atoms with E-state index in [0.29, 0.717) is 17.5 Å². The first kappa shape index (κ1) is 14.3. The summed E-state index contributed by atoms with van der Waals surface area (Å²) in [5.74, 6) is 0.596. The van der Waals surface area contributed by atoms with Crippen molar-refractivity contribution in [3.05, 3.63) is 37.2 Å². The zero-order valence-electron chi connectivity index (χ0n) is 11.0. The number of carbonyl (C=O) groups is 1. The summed E-state index contributed by atoms with van der Waals surface area (Å²) in [6.45, 7) is 5.83. The number of pyridine rings is 1. The normalized spacial score (nSPS) is 11.8. The highest BCUT2D eigenvalue weighted by atomic mass is 32.2. The molecule has 0 spiro atoms.